The summed E-state index contributed by atoms with van der Waals surface area (Å²) in [5, 5.41) is 0. The molecular weight excluding hydrogens is 263 g/mol. The van der Waals surface area contributed by atoms with E-state index in [1.807, 2.05) is 0 Å². The van der Waals surface area contributed by atoms with Crippen molar-refractivity contribution in [2.24, 2.45) is 0 Å². The molecule has 0 bridgehead atoms. The molecule has 0 aromatic carbocycles. The number of halogens is 4. The van der Waals surface area contributed by atoms with Gasteiger partial charge in [-0.05, 0) is 5.56 Å². The molecule has 1 heterocycles. The summed E-state index contributed by atoms with van der Waals surface area (Å²) in [5.41, 5.74) is 0.143. The first-order valence-corrected chi connectivity index (χ1v) is 4.79. The molecule has 0 spiro atoms. The van der Waals surface area contributed by atoms with Crippen LogP contribution in [0.15, 0.2) is 6.07 Å². The van der Waals surface area contributed by atoms with Crippen molar-refractivity contribution in [3.8, 4) is 11.8 Å². The molecule has 17 heavy (non-hydrogen) atoms. The van der Waals surface area contributed by atoms with E-state index in [1.54, 1.807) is 0 Å². The molecule has 0 atom stereocenters. The van der Waals surface area contributed by atoms with Crippen molar-refractivity contribution in [3.05, 3.63) is 17.2 Å². The lowest BCUT2D eigenvalue weighted by Gasteiger charge is -2.12. The van der Waals surface area contributed by atoms with Gasteiger partial charge in [0.15, 0.2) is 6.29 Å². The van der Waals surface area contributed by atoms with Crippen molar-refractivity contribution in [3.63, 3.8) is 0 Å². The molecule has 0 saturated carbocycles. The van der Waals surface area contributed by atoms with Crippen LogP contribution < -0.4 is 9.47 Å². The van der Waals surface area contributed by atoms with Crippen LogP contribution in [0.3, 0.4) is 0 Å². The highest BCUT2D eigenvalue weighted by atomic mass is 35.5. The van der Waals surface area contributed by atoms with Gasteiger partial charge in [-0.2, -0.15) is 4.98 Å². The first kappa shape index (κ1) is 13.6. The van der Waals surface area contributed by atoms with Gasteiger partial charge in [-0.25, -0.2) is 0 Å². The molecule has 1 aromatic rings. The molecule has 0 fully saturated rings. The maximum Gasteiger partial charge on any atom is 0.574 e. The molecule has 8 heteroatoms. The van der Waals surface area contributed by atoms with E-state index in [4.69, 9.17) is 11.6 Å². The predicted molar refractivity (Wildman–Crippen MR) is 52.4 cm³/mol. The summed E-state index contributed by atoms with van der Waals surface area (Å²) < 4.78 is 44.3. The Kier molecular flexibility index (Phi) is 4.17. The van der Waals surface area contributed by atoms with E-state index in [9.17, 15) is 18.0 Å². The van der Waals surface area contributed by atoms with Crippen molar-refractivity contribution in [2.75, 3.05) is 7.11 Å². The van der Waals surface area contributed by atoms with Gasteiger partial charge in [0.25, 0.3) is 0 Å². The standard InChI is InChI=1S/C9H7ClF3NO3/c1-16-8-6(4-15)5(3-10)2-7(14-8)17-9(11,12)13/h2,4H,3H2,1H3. The fraction of sp³-hybridized carbons (Fsp3) is 0.333. The van der Waals surface area contributed by atoms with Gasteiger partial charge in [-0.15, -0.1) is 24.8 Å². The van der Waals surface area contributed by atoms with Gasteiger partial charge in [0, 0.05) is 11.9 Å². The average molecular weight is 270 g/mol. The van der Waals surface area contributed by atoms with Crippen LogP contribution in [-0.2, 0) is 5.88 Å². The summed E-state index contributed by atoms with van der Waals surface area (Å²) in [5.74, 6) is -1.16. The summed E-state index contributed by atoms with van der Waals surface area (Å²) in [6.45, 7) is 0. The summed E-state index contributed by atoms with van der Waals surface area (Å²) in [6, 6.07) is 0.937. The number of aldehydes is 1. The third-order valence-electron chi connectivity index (χ3n) is 1.76. The largest absolute Gasteiger partial charge is 0.574 e. The van der Waals surface area contributed by atoms with Crippen molar-refractivity contribution < 1.29 is 27.4 Å². The van der Waals surface area contributed by atoms with Crippen molar-refractivity contribution in [1.82, 2.24) is 4.98 Å². The average Bonchev–Trinajstić information content (AvgIpc) is 2.25. The molecule has 94 valence electrons. The maximum absolute atomic E-state index is 12.0. The van der Waals surface area contributed by atoms with Gasteiger partial charge in [-0.3, -0.25) is 4.79 Å². The zero-order valence-corrected chi connectivity index (χ0v) is 9.30. The lowest BCUT2D eigenvalue weighted by Crippen LogP contribution is -2.18. The Morgan fingerprint density at radius 2 is 2.18 bits per heavy atom. The van der Waals surface area contributed by atoms with Gasteiger partial charge in [0.1, 0.15) is 0 Å². The third-order valence-corrected chi connectivity index (χ3v) is 2.05. The Labute approximate surface area is 99.3 Å². The molecule has 0 amide bonds. The third kappa shape index (κ3) is 3.48. The number of ether oxygens (including phenoxy) is 2. The number of hydrogen-bond acceptors (Lipinski definition) is 4. The summed E-state index contributed by atoms with van der Waals surface area (Å²) >= 11 is 5.50. The first-order chi connectivity index (χ1) is 7.91. The fourth-order valence-corrected chi connectivity index (χ4v) is 1.34. The summed E-state index contributed by atoms with van der Waals surface area (Å²) in [4.78, 5) is 14.1. The zero-order valence-electron chi connectivity index (χ0n) is 8.55. The molecule has 1 aromatic heterocycles. The summed E-state index contributed by atoms with van der Waals surface area (Å²) in [6.07, 6.45) is -4.47. The minimum absolute atomic E-state index is 0.00276. The van der Waals surface area contributed by atoms with Gasteiger partial charge in [0.2, 0.25) is 11.8 Å². The van der Waals surface area contributed by atoms with Gasteiger partial charge >= 0.3 is 6.36 Å². The Bertz CT molecular complexity index is 397. The molecule has 0 saturated heterocycles. The normalized spacial score (nSPS) is 11.1. The van der Waals surface area contributed by atoms with Crippen LogP contribution in [0.4, 0.5) is 13.2 Å². The monoisotopic (exact) mass is 269 g/mol. The number of carbonyl (C=O) groups is 1. The molecule has 0 aliphatic rings. The lowest BCUT2D eigenvalue weighted by molar-refractivity contribution is -0.276. The highest BCUT2D eigenvalue weighted by Crippen LogP contribution is 2.28. The smallest absolute Gasteiger partial charge is 0.480 e. The van der Waals surface area contributed by atoms with Crippen LogP contribution in [0.25, 0.3) is 0 Å². The second kappa shape index (κ2) is 5.22. The Morgan fingerprint density at radius 3 is 2.59 bits per heavy atom. The molecule has 0 radical (unpaired) electrons. The number of hydrogen-bond donors (Lipinski definition) is 0. The first-order valence-electron chi connectivity index (χ1n) is 4.26. The number of rotatable bonds is 4. The minimum atomic E-state index is -4.87. The van der Waals surface area contributed by atoms with Crippen LogP contribution >= 0.6 is 11.6 Å². The van der Waals surface area contributed by atoms with E-state index in [0.29, 0.717) is 6.29 Å². The second-order valence-electron chi connectivity index (χ2n) is 2.84. The topological polar surface area (TPSA) is 48.4 Å². The van der Waals surface area contributed by atoms with Crippen molar-refractivity contribution in [1.29, 1.82) is 0 Å². The summed E-state index contributed by atoms with van der Waals surface area (Å²) in [7, 11) is 1.17. The van der Waals surface area contributed by atoms with Crippen LogP contribution in [-0.4, -0.2) is 24.7 Å². The molecule has 0 aliphatic heterocycles. The number of carbonyl (C=O) groups excluding carboxylic acids is 1. The van der Waals surface area contributed by atoms with Crippen LogP contribution in [0, 0.1) is 0 Å². The maximum atomic E-state index is 12.0. The van der Waals surface area contributed by atoms with Crippen LogP contribution in [0.5, 0.6) is 11.8 Å². The van der Waals surface area contributed by atoms with Gasteiger partial charge in [-0.1, -0.05) is 0 Å². The number of aromatic nitrogens is 1. The molecule has 1 rings (SSSR count). The minimum Gasteiger partial charge on any atom is -0.480 e. The van der Waals surface area contributed by atoms with Crippen molar-refractivity contribution >= 4 is 17.9 Å². The van der Waals surface area contributed by atoms with E-state index in [0.717, 1.165) is 6.07 Å². The highest BCUT2D eigenvalue weighted by Gasteiger charge is 2.32. The van der Waals surface area contributed by atoms with E-state index in [1.165, 1.54) is 7.11 Å². The van der Waals surface area contributed by atoms with E-state index in [2.05, 4.69) is 14.5 Å². The number of methoxy groups -OCH3 is 1. The Balaban J connectivity index is 3.22. The Morgan fingerprint density at radius 1 is 1.53 bits per heavy atom. The molecule has 4 nitrogen and oxygen atoms in total. The van der Waals surface area contributed by atoms with E-state index < -0.39 is 12.2 Å². The fourth-order valence-electron chi connectivity index (χ4n) is 1.12. The molecular formula is C9H7ClF3NO3. The molecule has 0 unspecified atom stereocenters. The highest BCUT2D eigenvalue weighted by molar-refractivity contribution is 6.17. The number of nitrogens with zero attached hydrogens (tertiary/aromatic N) is 1. The van der Waals surface area contributed by atoms with Gasteiger partial charge in [0.05, 0.1) is 12.7 Å². The number of pyridine rings is 1. The molecule has 0 aliphatic carbocycles. The van der Waals surface area contributed by atoms with Crippen LogP contribution in [0.2, 0.25) is 0 Å². The predicted octanol–water partition coefficient (Wildman–Crippen LogP) is 2.54. The van der Waals surface area contributed by atoms with E-state index in [-0.39, 0.29) is 22.9 Å². The quantitative estimate of drug-likeness (QED) is 0.622. The second-order valence-corrected chi connectivity index (χ2v) is 3.11. The zero-order chi connectivity index (χ0) is 13.1. The lowest BCUT2D eigenvalue weighted by atomic mass is 10.1. The van der Waals surface area contributed by atoms with E-state index >= 15 is 0 Å². The van der Waals surface area contributed by atoms with Crippen LogP contribution in [0.1, 0.15) is 15.9 Å². The number of alkyl halides is 4. The molecule has 0 N–H and O–H groups in total. The van der Waals surface area contributed by atoms with Crippen molar-refractivity contribution in [2.45, 2.75) is 12.2 Å². The SMILES string of the molecule is COc1nc(OC(F)(F)F)cc(CCl)c1C=O. The van der Waals surface area contributed by atoms with Gasteiger partial charge < -0.3 is 9.47 Å². The Hall–Kier alpha value is -1.50.